The Balaban J connectivity index is 2.99. The van der Waals surface area contributed by atoms with Gasteiger partial charge >= 0.3 is 0 Å². The lowest BCUT2D eigenvalue weighted by Gasteiger charge is -2.22. The van der Waals surface area contributed by atoms with Crippen LogP contribution in [0.1, 0.15) is 37.9 Å². The summed E-state index contributed by atoms with van der Waals surface area (Å²) in [7, 11) is 0. The first kappa shape index (κ1) is 16.4. The van der Waals surface area contributed by atoms with Crippen LogP contribution >= 0.6 is 11.8 Å². The minimum absolute atomic E-state index is 0.0674. The molecular weight excluding hydrogens is 272 g/mol. The highest BCUT2D eigenvalue weighted by Crippen LogP contribution is 2.27. The molecule has 1 unspecified atom stereocenters. The van der Waals surface area contributed by atoms with Gasteiger partial charge in [0.15, 0.2) is 0 Å². The Morgan fingerprint density at radius 2 is 1.95 bits per heavy atom. The van der Waals surface area contributed by atoms with Crippen molar-refractivity contribution in [2.45, 2.75) is 44.9 Å². The topological polar surface area (TPSA) is 69.9 Å². The number of hydrogen-bond donors (Lipinski definition) is 0. The maximum absolute atomic E-state index is 12.3. The molecule has 20 heavy (non-hydrogen) atoms. The first-order valence-corrected chi connectivity index (χ1v) is 7.53. The molecule has 0 fully saturated rings. The van der Waals surface area contributed by atoms with Crippen LogP contribution in [-0.2, 0) is 4.79 Å². The summed E-state index contributed by atoms with van der Waals surface area (Å²) in [5.41, 5.74) is 1.12. The minimum atomic E-state index is -0.268. The quantitative estimate of drug-likeness (QED) is 0.615. The van der Waals surface area contributed by atoms with E-state index in [4.69, 9.17) is 0 Å². The molecule has 1 heterocycles. The van der Waals surface area contributed by atoms with Crippen molar-refractivity contribution in [3.8, 4) is 6.07 Å². The fourth-order valence-corrected chi connectivity index (χ4v) is 2.99. The summed E-state index contributed by atoms with van der Waals surface area (Å²) < 4.78 is 0. The van der Waals surface area contributed by atoms with Crippen LogP contribution in [0.4, 0.5) is 0 Å². The van der Waals surface area contributed by atoms with Gasteiger partial charge in [0.2, 0.25) is 5.91 Å². The Kier molecular flexibility index (Phi) is 5.96. The van der Waals surface area contributed by atoms with E-state index >= 15 is 0 Å². The third-order valence-corrected chi connectivity index (χ3v) is 4.07. The molecule has 5 nitrogen and oxygen atoms in total. The second-order valence-corrected chi connectivity index (χ2v) is 5.75. The van der Waals surface area contributed by atoms with Gasteiger partial charge in [-0.3, -0.25) is 4.79 Å². The molecule has 0 saturated heterocycles. The van der Waals surface area contributed by atoms with Gasteiger partial charge in [0.1, 0.15) is 22.5 Å². The number of nitriles is 1. The van der Waals surface area contributed by atoms with Gasteiger partial charge in [-0.1, -0.05) is 11.8 Å². The maximum Gasteiger partial charge on any atom is 0.235 e. The third-order valence-electron chi connectivity index (χ3n) is 2.99. The highest BCUT2D eigenvalue weighted by atomic mass is 32.2. The van der Waals surface area contributed by atoms with Gasteiger partial charge in [-0.05, 0) is 34.6 Å². The van der Waals surface area contributed by atoms with Crippen LogP contribution in [0.15, 0.2) is 5.03 Å². The smallest absolute Gasteiger partial charge is 0.235 e. The van der Waals surface area contributed by atoms with Crippen LogP contribution in [0.3, 0.4) is 0 Å². The number of carbonyl (C=O) groups is 1. The van der Waals surface area contributed by atoms with Gasteiger partial charge in [0.05, 0.1) is 10.9 Å². The zero-order valence-electron chi connectivity index (χ0n) is 12.6. The molecule has 0 aliphatic carbocycles. The lowest BCUT2D eigenvalue weighted by atomic mass is 10.3. The van der Waals surface area contributed by atoms with Gasteiger partial charge < -0.3 is 4.90 Å². The molecule has 0 aliphatic rings. The van der Waals surface area contributed by atoms with E-state index in [-0.39, 0.29) is 11.2 Å². The molecule has 1 aromatic heterocycles. The van der Waals surface area contributed by atoms with E-state index in [2.05, 4.69) is 16.0 Å². The summed E-state index contributed by atoms with van der Waals surface area (Å²) in [6.45, 7) is 10.7. The highest BCUT2D eigenvalue weighted by Gasteiger charge is 2.22. The van der Waals surface area contributed by atoms with Crippen LogP contribution in [0.25, 0.3) is 0 Å². The SMILES string of the molecule is CCN(CC)C(=O)C(C)Sc1nc(C)nc(C)c1C#N. The number of carbonyl (C=O) groups excluding carboxylic acids is 1. The van der Waals surface area contributed by atoms with Crippen LogP contribution in [0, 0.1) is 25.2 Å². The lowest BCUT2D eigenvalue weighted by molar-refractivity contribution is -0.129. The molecule has 0 spiro atoms. The summed E-state index contributed by atoms with van der Waals surface area (Å²) in [6.07, 6.45) is 0. The van der Waals surface area contributed by atoms with E-state index in [1.807, 2.05) is 20.8 Å². The van der Waals surface area contributed by atoms with Crippen molar-refractivity contribution in [1.29, 1.82) is 5.26 Å². The molecule has 0 aromatic carbocycles. The summed E-state index contributed by atoms with van der Waals surface area (Å²) in [5, 5.41) is 9.53. The summed E-state index contributed by atoms with van der Waals surface area (Å²) >= 11 is 1.33. The normalized spacial score (nSPS) is 11.8. The number of thioether (sulfide) groups is 1. The van der Waals surface area contributed by atoms with Gasteiger partial charge in [0, 0.05) is 13.1 Å². The second kappa shape index (κ2) is 7.25. The Morgan fingerprint density at radius 3 is 2.45 bits per heavy atom. The monoisotopic (exact) mass is 292 g/mol. The zero-order chi connectivity index (χ0) is 15.3. The number of aryl methyl sites for hydroxylation is 2. The summed E-state index contributed by atoms with van der Waals surface area (Å²) in [5.74, 6) is 0.685. The molecule has 1 atom stereocenters. The fraction of sp³-hybridized carbons (Fsp3) is 0.571. The van der Waals surface area contributed by atoms with Gasteiger partial charge in [-0.25, -0.2) is 9.97 Å². The van der Waals surface area contributed by atoms with Crippen molar-refractivity contribution in [1.82, 2.24) is 14.9 Å². The molecule has 0 saturated carbocycles. The van der Waals surface area contributed by atoms with Crippen molar-refractivity contribution in [3.05, 3.63) is 17.1 Å². The molecule has 108 valence electrons. The van der Waals surface area contributed by atoms with Crippen LogP contribution in [0.2, 0.25) is 0 Å². The van der Waals surface area contributed by atoms with Crippen LogP contribution < -0.4 is 0 Å². The molecule has 6 heteroatoms. The Bertz CT molecular complexity index is 535. The number of aromatic nitrogens is 2. The molecule has 1 amide bonds. The first-order valence-electron chi connectivity index (χ1n) is 6.65. The maximum atomic E-state index is 12.3. The van der Waals surface area contributed by atoms with E-state index in [1.165, 1.54) is 11.8 Å². The van der Waals surface area contributed by atoms with Crippen molar-refractivity contribution >= 4 is 17.7 Å². The van der Waals surface area contributed by atoms with Crippen molar-refractivity contribution in [2.75, 3.05) is 13.1 Å². The zero-order valence-corrected chi connectivity index (χ0v) is 13.4. The van der Waals surface area contributed by atoms with E-state index in [9.17, 15) is 10.1 Å². The lowest BCUT2D eigenvalue weighted by Crippen LogP contribution is -2.36. The Labute approximate surface area is 124 Å². The summed E-state index contributed by atoms with van der Waals surface area (Å²) in [4.78, 5) is 22.5. The molecular formula is C14H20N4OS. The van der Waals surface area contributed by atoms with Crippen molar-refractivity contribution in [3.63, 3.8) is 0 Å². The van der Waals surface area contributed by atoms with E-state index in [0.717, 1.165) is 0 Å². The largest absolute Gasteiger partial charge is 0.342 e. The Morgan fingerprint density at radius 1 is 1.35 bits per heavy atom. The van der Waals surface area contributed by atoms with Gasteiger partial charge in [0.25, 0.3) is 0 Å². The standard InChI is InChI=1S/C14H20N4OS/c1-6-18(7-2)14(19)10(4)20-13-12(8-15)9(3)16-11(5)17-13/h10H,6-7H2,1-5H3. The number of rotatable bonds is 5. The highest BCUT2D eigenvalue weighted by molar-refractivity contribution is 8.00. The fourth-order valence-electron chi connectivity index (χ4n) is 1.91. The minimum Gasteiger partial charge on any atom is -0.342 e. The predicted molar refractivity (Wildman–Crippen MR) is 79.5 cm³/mol. The predicted octanol–water partition coefficient (Wildman–Crippen LogP) is 2.31. The average molecular weight is 292 g/mol. The van der Waals surface area contributed by atoms with E-state index in [1.54, 1.807) is 18.7 Å². The van der Waals surface area contributed by atoms with Crippen molar-refractivity contribution < 1.29 is 4.79 Å². The van der Waals surface area contributed by atoms with E-state index < -0.39 is 0 Å². The first-order chi connectivity index (χ1) is 9.44. The Hall–Kier alpha value is -1.61. The van der Waals surface area contributed by atoms with E-state index in [0.29, 0.717) is 35.2 Å². The van der Waals surface area contributed by atoms with Gasteiger partial charge in [-0.2, -0.15) is 5.26 Å². The number of amides is 1. The molecule has 0 aliphatic heterocycles. The molecule has 1 rings (SSSR count). The number of nitrogens with zero attached hydrogens (tertiary/aromatic N) is 4. The summed E-state index contributed by atoms with van der Waals surface area (Å²) in [6, 6.07) is 2.12. The molecule has 0 N–H and O–H groups in total. The molecule has 1 aromatic rings. The molecule has 0 bridgehead atoms. The second-order valence-electron chi connectivity index (χ2n) is 4.42. The van der Waals surface area contributed by atoms with Crippen LogP contribution in [-0.4, -0.2) is 39.1 Å². The number of hydrogen-bond acceptors (Lipinski definition) is 5. The third kappa shape index (κ3) is 3.70. The van der Waals surface area contributed by atoms with Crippen molar-refractivity contribution in [2.24, 2.45) is 0 Å². The molecule has 0 radical (unpaired) electrons. The van der Waals surface area contributed by atoms with Gasteiger partial charge in [-0.15, -0.1) is 0 Å². The van der Waals surface area contributed by atoms with Crippen LogP contribution in [0.5, 0.6) is 0 Å². The average Bonchev–Trinajstić information content (AvgIpc) is 2.39.